The Morgan fingerprint density at radius 1 is 1.33 bits per heavy atom. The molecular weight excluding hydrogens is 336 g/mol. The standard InChI is InChI=1S/C13H24N6O4S/c1-11-9-10-17(2)19(11)13(23-24(20,21)22)8-6-4-5-7-12-14-15-16-18(12)3/h9-11,13H,4-8H2,1-3H3,(H,20,21,22). The Balaban J connectivity index is 1.83. The van der Waals surface area contributed by atoms with Crippen molar-refractivity contribution in [2.24, 2.45) is 7.05 Å². The van der Waals surface area contributed by atoms with Crippen LogP contribution in [0.4, 0.5) is 0 Å². The summed E-state index contributed by atoms with van der Waals surface area (Å²) in [7, 11) is -0.916. The molecule has 0 saturated carbocycles. The van der Waals surface area contributed by atoms with Crippen molar-refractivity contribution >= 4 is 10.4 Å². The predicted molar refractivity (Wildman–Crippen MR) is 85.6 cm³/mol. The van der Waals surface area contributed by atoms with Crippen LogP contribution in [-0.4, -0.2) is 62.5 Å². The number of hydrogen-bond donors (Lipinski definition) is 1. The van der Waals surface area contributed by atoms with E-state index in [1.54, 1.807) is 28.8 Å². The van der Waals surface area contributed by atoms with Crippen molar-refractivity contribution in [3.05, 3.63) is 18.1 Å². The van der Waals surface area contributed by atoms with Gasteiger partial charge in [-0.15, -0.1) is 5.10 Å². The number of hydrazine groups is 1. The van der Waals surface area contributed by atoms with Gasteiger partial charge in [0.15, 0.2) is 5.82 Å². The molecule has 1 aromatic heterocycles. The number of nitrogens with zero attached hydrogens (tertiary/aromatic N) is 6. The number of hydrogen-bond acceptors (Lipinski definition) is 8. The molecule has 24 heavy (non-hydrogen) atoms. The van der Waals surface area contributed by atoms with Crippen LogP contribution in [-0.2, 0) is 28.1 Å². The van der Waals surface area contributed by atoms with E-state index in [-0.39, 0.29) is 6.04 Å². The molecule has 0 bridgehead atoms. The number of tetrazole rings is 1. The van der Waals surface area contributed by atoms with Crippen LogP contribution in [0.1, 0.15) is 38.4 Å². The van der Waals surface area contributed by atoms with Gasteiger partial charge in [-0.3, -0.25) is 4.55 Å². The maximum atomic E-state index is 11.1. The fourth-order valence-corrected chi connectivity index (χ4v) is 3.24. The first-order valence-electron chi connectivity index (χ1n) is 7.84. The van der Waals surface area contributed by atoms with E-state index in [9.17, 15) is 8.42 Å². The summed E-state index contributed by atoms with van der Waals surface area (Å²) in [6, 6.07) is -0.00790. The predicted octanol–water partition coefficient (Wildman–Crippen LogP) is 0.523. The third-order valence-electron chi connectivity index (χ3n) is 3.95. The van der Waals surface area contributed by atoms with E-state index < -0.39 is 16.6 Å². The molecule has 2 heterocycles. The van der Waals surface area contributed by atoms with Crippen molar-refractivity contribution in [1.82, 2.24) is 30.2 Å². The third-order valence-corrected chi connectivity index (χ3v) is 4.41. The van der Waals surface area contributed by atoms with Gasteiger partial charge in [-0.05, 0) is 42.7 Å². The lowest BCUT2D eigenvalue weighted by Gasteiger charge is -2.35. The third kappa shape index (κ3) is 5.23. The van der Waals surface area contributed by atoms with Crippen molar-refractivity contribution in [3.8, 4) is 0 Å². The second-order valence-corrected chi connectivity index (χ2v) is 6.88. The van der Waals surface area contributed by atoms with Crippen molar-refractivity contribution in [2.75, 3.05) is 7.05 Å². The zero-order chi connectivity index (χ0) is 17.7. The van der Waals surface area contributed by atoms with E-state index in [1.807, 2.05) is 19.2 Å². The zero-order valence-corrected chi connectivity index (χ0v) is 14.9. The fraction of sp³-hybridized carbons (Fsp3) is 0.769. The van der Waals surface area contributed by atoms with E-state index in [2.05, 4.69) is 15.5 Å². The summed E-state index contributed by atoms with van der Waals surface area (Å²) in [5.41, 5.74) is 0. The highest BCUT2D eigenvalue weighted by Crippen LogP contribution is 2.23. The molecule has 1 N–H and O–H groups in total. The van der Waals surface area contributed by atoms with Crippen LogP contribution in [0.5, 0.6) is 0 Å². The summed E-state index contributed by atoms with van der Waals surface area (Å²) >= 11 is 0. The molecule has 1 aliphatic heterocycles. The normalized spacial score (nSPS) is 20.0. The minimum atomic E-state index is -4.52. The second-order valence-electron chi connectivity index (χ2n) is 5.83. The smallest absolute Gasteiger partial charge is 0.313 e. The molecule has 10 nitrogen and oxygen atoms in total. The SMILES string of the molecule is CC1C=CN(C)N1C(CCCCCc1nnnn1C)OS(=O)(=O)O. The van der Waals surface area contributed by atoms with E-state index in [1.165, 1.54) is 0 Å². The van der Waals surface area contributed by atoms with Gasteiger partial charge in [0, 0.05) is 32.8 Å². The van der Waals surface area contributed by atoms with Crippen LogP contribution >= 0.6 is 0 Å². The molecule has 136 valence electrons. The van der Waals surface area contributed by atoms with Crippen LogP contribution in [0.25, 0.3) is 0 Å². The molecule has 0 saturated heterocycles. The highest BCUT2D eigenvalue weighted by molar-refractivity contribution is 7.80. The van der Waals surface area contributed by atoms with Crippen molar-refractivity contribution in [3.63, 3.8) is 0 Å². The van der Waals surface area contributed by atoms with Crippen LogP contribution in [0.2, 0.25) is 0 Å². The second kappa shape index (κ2) is 8.01. The van der Waals surface area contributed by atoms with E-state index in [0.717, 1.165) is 31.5 Å². The maximum Gasteiger partial charge on any atom is 0.398 e. The van der Waals surface area contributed by atoms with Gasteiger partial charge in [0.1, 0.15) is 6.23 Å². The highest BCUT2D eigenvalue weighted by Gasteiger charge is 2.31. The molecule has 11 heteroatoms. The van der Waals surface area contributed by atoms with Gasteiger partial charge in [0.2, 0.25) is 0 Å². The lowest BCUT2D eigenvalue weighted by Crippen LogP contribution is -2.47. The summed E-state index contributed by atoms with van der Waals surface area (Å²) in [6.45, 7) is 1.93. The van der Waals surface area contributed by atoms with Crippen LogP contribution in [0.15, 0.2) is 12.3 Å². The number of aryl methyl sites for hydroxylation is 2. The summed E-state index contributed by atoms with van der Waals surface area (Å²) < 4.78 is 37.8. The zero-order valence-electron chi connectivity index (χ0n) is 14.1. The average molecular weight is 360 g/mol. The molecule has 1 aromatic rings. The number of rotatable bonds is 9. The fourth-order valence-electron chi connectivity index (χ4n) is 2.77. The monoisotopic (exact) mass is 360 g/mol. The Bertz CT molecular complexity index is 649. The van der Waals surface area contributed by atoms with Gasteiger partial charge >= 0.3 is 10.4 Å². The van der Waals surface area contributed by atoms with Gasteiger partial charge in [0.05, 0.1) is 0 Å². The summed E-state index contributed by atoms with van der Waals surface area (Å²) in [5.74, 6) is 0.817. The first-order chi connectivity index (χ1) is 11.3. The van der Waals surface area contributed by atoms with Crippen molar-refractivity contribution in [2.45, 2.75) is 51.3 Å². The number of unbranched alkanes of at least 4 members (excludes halogenated alkanes) is 2. The molecule has 0 spiro atoms. The van der Waals surface area contributed by atoms with E-state index >= 15 is 0 Å². The minimum Gasteiger partial charge on any atom is -0.313 e. The largest absolute Gasteiger partial charge is 0.398 e. The molecule has 2 atom stereocenters. The quantitative estimate of drug-likeness (QED) is 0.497. The van der Waals surface area contributed by atoms with Crippen LogP contribution in [0, 0.1) is 0 Å². The summed E-state index contributed by atoms with van der Waals surface area (Å²) in [6.07, 6.45) is 6.78. The van der Waals surface area contributed by atoms with Crippen molar-refractivity contribution < 1.29 is 17.2 Å². The molecule has 0 radical (unpaired) electrons. The van der Waals surface area contributed by atoms with Gasteiger partial charge in [0.25, 0.3) is 0 Å². The van der Waals surface area contributed by atoms with Gasteiger partial charge in [-0.1, -0.05) is 6.42 Å². The van der Waals surface area contributed by atoms with E-state index in [4.69, 9.17) is 8.74 Å². The molecule has 0 aliphatic carbocycles. The Hall–Kier alpha value is -1.56. The topological polar surface area (TPSA) is 114 Å². The Morgan fingerprint density at radius 3 is 2.62 bits per heavy atom. The molecule has 1 aliphatic rings. The number of aromatic nitrogens is 4. The molecule has 0 amide bonds. The molecule has 0 fully saturated rings. The Labute approximate surface area is 142 Å². The first-order valence-corrected chi connectivity index (χ1v) is 9.21. The average Bonchev–Trinajstić information content (AvgIpc) is 3.02. The summed E-state index contributed by atoms with van der Waals surface area (Å²) in [4.78, 5) is 0. The molecule has 2 rings (SSSR count). The minimum absolute atomic E-state index is 0.00790. The first kappa shape index (κ1) is 18.8. The van der Waals surface area contributed by atoms with Crippen LogP contribution < -0.4 is 0 Å². The highest BCUT2D eigenvalue weighted by atomic mass is 32.3. The van der Waals surface area contributed by atoms with Gasteiger partial charge < -0.3 is 5.01 Å². The van der Waals surface area contributed by atoms with Crippen LogP contribution in [0.3, 0.4) is 0 Å². The lowest BCUT2D eigenvalue weighted by atomic mass is 10.1. The Morgan fingerprint density at radius 2 is 2.08 bits per heavy atom. The summed E-state index contributed by atoms with van der Waals surface area (Å²) in [5, 5.41) is 14.8. The van der Waals surface area contributed by atoms with E-state index in [0.29, 0.717) is 6.42 Å². The maximum absolute atomic E-state index is 11.1. The van der Waals surface area contributed by atoms with Gasteiger partial charge in [-0.2, -0.15) is 13.4 Å². The molecular formula is C13H24N6O4S. The van der Waals surface area contributed by atoms with Crippen molar-refractivity contribution in [1.29, 1.82) is 0 Å². The Kier molecular flexibility index (Phi) is 6.27. The molecule has 2 unspecified atom stereocenters. The lowest BCUT2D eigenvalue weighted by molar-refractivity contribution is -0.0959. The van der Waals surface area contributed by atoms with Gasteiger partial charge in [-0.25, -0.2) is 8.86 Å². The molecule has 0 aromatic carbocycles.